The van der Waals surface area contributed by atoms with Gasteiger partial charge < -0.3 is 15.1 Å². The maximum atomic E-state index is 12.7. The SMILES string of the molecule is CCN1CCN(CCCNC(=O)C(CC(C)C)NS(=O)(=O)c2ccc(C)cc2)CC1. The van der Waals surface area contributed by atoms with Crippen LogP contribution in [-0.2, 0) is 14.8 Å². The van der Waals surface area contributed by atoms with Crippen LogP contribution in [0, 0.1) is 12.8 Å². The van der Waals surface area contributed by atoms with Crippen LogP contribution >= 0.6 is 0 Å². The molecule has 0 saturated carbocycles. The summed E-state index contributed by atoms with van der Waals surface area (Å²) in [6.07, 6.45) is 1.31. The third-order valence-corrected chi connectivity index (χ3v) is 7.00. The molecule has 0 bridgehead atoms. The molecule has 8 heteroatoms. The molecule has 0 radical (unpaired) electrons. The molecule has 1 atom stereocenters. The van der Waals surface area contributed by atoms with Crippen LogP contribution in [0.25, 0.3) is 0 Å². The fourth-order valence-electron chi connectivity index (χ4n) is 3.62. The zero-order valence-electron chi connectivity index (χ0n) is 18.9. The van der Waals surface area contributed by atoms with E-state index in [4.69, 9.17) is 0 Å². The summed E-state index contributed by atoms with van der Waals surface area (Å²) < 4.78 is 28.1. The van der Waals surface area contributed by atoms with Gasteiger partial charge in [-0.3, -0.25) is 4.79 Å². The van der Waals surface area contributed by atoms with Crippen LogP contribution in [0.4, 0.5) is 0 Å². The fraction of sp³-hybridized carbons (Fsp3) is 0.682. The number of hydrogen-bond donors (Lipinski definition) is 2. The molecule has 2 N–H and O–H groups in total. The lowest BCUT2D eigenvalue weighted by molar-refractivity contribution is -0.123. The van der Waals surface area contributed by atoms with Crippen molar-refractivity contribution < 1.29 is 13.2 Å². The van der Waals surface area contributed by atoms with Crippen molar-refractivity contribution in [1.82, 2.24) is 19.8 Å². The molecule has 1 aliphatic rings. The molecule has 1 saturated heterocycles. The lowest BCUT2D eigenvalue weighted by Crippen LogP contribution is -2.48. The normalized spacial score (nSPS) is 17.2. The van der Waals surface area contributed by atoms with Gasteiger partial charge in [-0.1, -0.05) is 38.5 Å². The zero-order chi connectivity index (χ0) is 22.1. The van der Waals surface area contributed by atoms with Gasteiger partial charge in [-0.05, 0) is 50.9 Å². The molecule has 0 aromatic heterocycles. The van der Waals surface area contributed by atoms with Crippen molar-refractivity contribution in [2.75, 3.05) is 45.8 Å². The summed E-state index contributed by atoms with van der Waals surface area (Å²) in [4.78, 5) is 17.8. The molecule has 1 amide bonds. The molecule has 1 unspecified atom stereocenters. The molecule has 7 nitrogen and oxygen atoms in total. The number of carbonyl (C=O) groups excluding carboxylic acids is 1. The fourth-order valence-corrected chi connectivity index (χ4v) is 4.83. The van der Waals surface area contributed by atoms with Gasteiger partial charge in [0, 0.05) is 32.7 Å². The predicted molar refractivity (Wildman–Crippen MR) is 121 cm³/mol. The van der Waals surface area contributed by atoms with Crippen molar-refractivity contribution in [1.29, 1.82) is 0 Å². The maximum Gasteiger partial charge on any atom is 0.241 e. The Morgan fingerprint density at radius 3 is 2.23 bits per heavy atom. The minimum atomic E-state index is -3.75. The van der Waals surface area contributed by atoms with Gasteiger partial charge in [0.25, 0.3) is 0 Å². The summed E-state index contributed by atoms with van der Waals surface area (Å²) in [5, 5.41) is 2.93. The second-order valence-corrected chi connectivity index (χ2v) is 10.3. The van der Waals surface area contributed by atoms with E-state index in [1.807, 2.05) is 20.8 Å². The van der Waals surface area contributed by atoms with E-state index in [0.29, 0.717) is 13.0 Å². The highest BCUT2D eigenvalue weighted by Crippen LogP contribution is 2.13. The Kier molecular flexibility index (Phi) is 9.74. The van der Waals surface area contributed by atoms with Crippen molar-refractivity contribution in [2.24, 2.45) is 5.92 Å². The third kappa shape index (κ3) is 7.98. The van der Waals surface area contributed by atoms with Gasteiger partial charge in [0.05, 0.1) is 4.90 Å². The van der Waals surface area contributed by atoms with Crippen LogP contribution in [-0.4, -0.2) is 76.0 Å². The first kappa shape index (κ1) is 24.8. The molecule has 1 fully saturated rings. The third-order valence-electron chi connectivity index (χ3n) is 5.51. The number of amides is 1. The summed E-state index contributed by atoms with van der Waals surface area (Å²) in [7, 11) is -3.75. The Bertz CT molecular complexity index is 757. The van der Waals surface area contributed by atoms with Gasteiger partial charge in [-0.15, -0.1) is 0 Å². The minimum Gasteiger partial charge on any atom is -0.355 e. The average Bonchev–Trinajstić information content (AvgIpc) is 2.71. The van der Waals surface area contributed by atoms with Crippen LogP contribution in [0.2, 0.25) is 0 Å². The van der Waals surface area contributed by atoms with E-state index >= 15 is 0 Å². The molecule has 1 aromatic rings. The van der Waals surface area contributed by atoms with Crippen LogP contribution < -0.4 is 10.0 Å². The second kappa shape index (κ2) is 11.8. The second-order valence-electron chi connectivity index (χ2n) is 8.54. The first-order chi connectivity index (χ1) is 14.2. The Morgan fingerprint density at radius 2 is 1.67 bits per heavy atom. The van der Waals surface area contributed by atoms with E-state index in [2.05, 4.69) is 26.8 Å². The highest BCUT2D eigenvalue weighted by Gasteiger charge is 2.26. The van der Waals surface area contributed by atoms with E-state index in [1.54, 1.807) is 24.3 Å². The monoisotopic (exact) mass is 438 g/mol. The summed E-state index contributed by atoms with van der Waals surface area (Å²) in [5.41, 5.74) is 0.988. The van der Waals surface area contributed by atoms with Crippen molar-refractivity contribution in [3.8, 4) is 0 Å². The van der Waals surface area contributed by atoms with Crippen molar-refractivity contribution >= 4 is 15.9 Å². The zero-order valence-corrected chi connectivity index (χ0v) is 19.7. The minimum absolute atomic E-state index is 0.181. The van der Waals surface area contributed by atoms with Gasteiger partial charge in [0.1, 0.15) is 6.04 Å². The highest BCUT2D eigenvalue weighted by molar-refractivity contribution is 7.89. The van der Waals surface area contributed by atoms with Crippen LogP contribution in [0.1, 0.15) is 39.2 Å². The largest absolute Gasteiger partial charge is 0.355 e. The van der Waals surface area contributed by atoms with Gasteiger partial charge in [-0.25, -0.2) is 8.42 Å². The van der Waals surface area contributed by atoms with Crippen molar-refractivity contribution in [3.05, 3.63) is 29.8 Å². The molecule has 0 spiro atoms. The molecule has 1 aliphatic heterocycles. The summed E-state index contributed by atoms with van der Waals surface area (Å²) >= 11 is 0. The topological polar surface area (TPSA) is 81.8 Å². The van der Waals surface area contributed by atoms with E-state index in [9.17, 15) is 13.2 Å². The standard InChI is InChI=1S/C22H38N4O3S/c1-5-25-13-15-26(16-14-25)12-6-11-23-22(27)21(17-18(2)3)24-30(28,29)20-9-7-19(4)8-10-20/h7-10,18,21,24H,5-6,11-17H2,1-4H3,(H,23,27). The number of piperazine rings is 1. The number of sulfonamides is 1. The molecule has 1 aromatic carbocycles. The molecule has 30 heavy (non-hydrogen) atoms. The number of nitrogens with one attached hydrogen (secondary N) is 2. The van der Waals surface area contributed by atoms with Gasteiger partial charge in [-0.2, -0.15) is 4.72 Å². The van der Waals surface area contributed by atoms with Crippen LogP contribution in [0.5, 0.6) is 0 Å². The first-order valence-corrected chi connectivity index (χ1v) is 12.5. The molecular weight excluding hydrogens is 400 g/mol. The lowest BCUT2D eigenvalue weighted by Gasteiger charge is -2.34. The highest BCUT2D eigenvalue weighted by atomic mass is 32.2. The van der Waals surface area contributed by atoms with E-state index in [1.165, 1.54) is 0 Å². The first-order valence-electron chi connectivity index (χ1n) is 11.0. The molecular formula is C22H38N4O3S. The Balaban J connectivity index is 1.85. The number of benzene rings is 1. The van der Waals surface area contributed by atoms with Gasteiger partial charge >= 0.3 is 0 Å². The number of aryl methyl sites for hydroxylation is 1. The number of nitrogens with zero attached hydrogens (tertiary/aromatic N) is 2. The molecule has 0 aliphatic carbocycles. The Hall–Kier alpha value is -1.48. The van der Waals surface area contributed by atoms with Crippen LogP contribution in [0.15, 0.2) is 29.2 Å². The smallest absolute Gasteiger partial charge is 0.241 e. The molecule has 2 rings (SSSR count). The summed E-state index contributed by atoms with van der Waals surface area (Å²) in [5.74, 6) is -0.0634. The van der Waals surface area contributed by atoms with Crippen molar-refractivity contribution in [2.45, 2.75) is 51.5 Å². The van der Waals surface area contributed by atoms with Gasteiger partial charge in [0.2, 0.25) is 15.9 Å². The lowest BCUT2D eigenvalue weighted by atomic mass is 10.0. The quantitative estimate of drug-likeness (QED) is 0.515. The van der Waals surface area contributed by atoms with E-state index in [0.717, 1.165) is 51.3 Å². The van der Waals surface area contributed by atoms with E-state index in [-0.39, 0.29) is 16.7 Å². The predicted octanol–water partition coefficient (Wildman–Crippen LogP) is 1.83. The van der Waals surface area contributed by atoms with Crippen molar-refractivity contribution in [3.63, 3.8) is 0 Å². The number of rotatable bonds is 11. The molecule has 1 heterocycles. The molecule has 170 valence electrons. The number of hydrogen-bond acceptors (Lipinski definition) is 5. The summed E-state index contributed by atoms with van der Waals surface area (Å²) in [6, 6.07) is 5.88. The Morgan fingerprint density at radius 1 is 1.07 bits per heavy atom. The number of likely N-dealkylation sites (N-methyl/N-ethyl adjacent to an activating group) is 1. The maximum absolute atomic E-state index is 12.7. The Labute approximate surface area is 182 Å². The number of carbonyl (C=O) groups is 1. The average molecular weight is 439 g/mol. The van der Waals surface area contributed by atoms with E-state index < -0.39 is 16.1 Å². The van der Waals surface area contributed by atoms with Crippen LogP contribution in [0.3, 0.4) is 0 Å². The van der Waals surface area contributed by atoms with Gasteiger partial charge in [0.15, 0.2) is 0 Å². The summed E-state index contributed by atoms with van der Waals surface area (Å²) in [6.45, 7) is 15.0.